The van der Waals surface area contributed by atoms with Gasteiger partial charge in [-0.25, -0.2) is 14.4 Å². The topological polar surface area (TPSA) is 65.1 Å². The predicted octanol–water partition coefficient (Wildman–Crippen LogP) is 3.78. The van der Waals surface area contributed by atoms with E-state index in [4.69, 9.17) is 4.98 Å². The highest BCUT2D eigenvalue weighted by Gasteiger charge is 2.23. The molecule has 3 heterocycles. The Morgan fingerprint density at radius 3 is 2.70 bits per heavy atom. The van der Waals surface area contributed by atoms with Gasteiger partial charge in [-0.1, -0.05) is 0 Å². The Hall–Kier alpha value is -3.10. The van der Waals surface area contributed by atoms with E-state index in [-0.39, 0.29) is 11.7 Å². The lowest BCUT2D eigenvalue weighted by atomic mass is 10.1. The zero-order chi connectivity index (χ0) is 20.5. The number of rotatable bonds is 4. The van der Waals surface area contributed by atoms with E-state index < -0.39 is 0 Å². The number of aromatic amines is 1. The van der Waals surface area contributed by atoms with Crippen molar-refractivity contribution in [3.8, 4) is 11.3 Å². The minimum Gasteiger partial charge on any atom is -0.345 e. The Morgan fingerprint density at radius 2 is 1.90 bits per heavy atom. The van der Waals surface area contributed by atoms with E-state index in [0.717, 1.165) is 46.9 Å². The van der Waals surface area contributed by atoms with Crippen LogP contribution in [-0.2, 0) is 6.54 Å². The monoisotopic (exact) mass is 421 g/mol. The number of hydrogen-bond acceptors (Lipinski definition) is 5. The molecule has 0 spiro atoms. The van der Waals surface area contributed by atoms with Crippen LogP contribution in [0.3, 0.4) is 0 Å². The van der Waals surface area contributed by atoms with Gasteiger partial charge in [0, 0.05) is 42.7 Å². The molecular formula is C22H20FN5OS. The van der Waals surface area contributed by atoms with Crippen molar-refractivity contribution in [3.05, 3.63) is 70.6 Å². The molecule has 1 aliphatic heterocycles. The van der Waals surface area contributed by atoms with Crippen molar-refractivity contribution in [2.24, 2.45) is 0 Å². The van der Waals surface area contributed by atoms with Crippen molar-refractivity contribution in [2.45, 2.75) is 6.54 Å². The van der Waals surface area contributed by atoms with E-state index >= 15 is 0 Å². The minimum absolute atomic E-state index is 0.0546. The second-order valence-electron chi connectivity index (χ2n) is 7.34. The first kappa shape index (κ1) is 18.9. The molecule has 0 unspecified atom stereocenters. The van der Waals surface area contributed by atoms with Gasteiger partial charge in [0.2, 0.25) is 0 Å². The Kier molecular flexibility index (Phi) is 5.02. The van der Waals surface area contributed by atoms with Gasteiger partial charge in [0.15, 0.2) is 0 Å². The van der Waals surface area contributed by atoms with Gasteiger partial charge in [0.05, 0.1) is 29.6 Å². The molecule has 0 radical (unpaired) electrons. The second kappa shape index (κ2) is 7.97. The standard InChI is InChI=1S/C22H20FN5OS/c23-17-4-1-15(2-5-17)20-13-30-21(26-20)12-27-7-9-28(10-8-27)22(29)16-3-6-18-19(11-16)25-14-24-18/h1-6,11,13-14H,7-10,12H2,(H,24,25). The molecule has 6 nitrogen and oxygen atoms in total. The summed E-state index contributed by atoms with van der Waals surface area (Å²) in [6.45, 7) is 3.76. The molecule has 1 fully saturated rings. The molecule has 0 bridgehead atoms. The maximum atomic E-state index is 13.1. The largest absolute Gasteiger partial charge is 0.345 e. The molecule has 152 valence electrons. The summed E-state index contributed by atoms with van der Waals surface area (Å²) in [6, 6.07) is 12.0. The van der Waals surface area contributed by atoms with Gasteiger partial charge in [0.25, 0.3) is 5.91 Å². The van der Waals surface area contributed by atoms with Crippen LogP contribution in [0.15, 0.2) is 54.2 Å². The van der Waals surface area contributed by atoms with Crippen molar-refractivity contribution in [1.29, 1.82) is 0 Å². The minimum atomic E-state index is -0.244. The number of carbonyl (C=O) groups is 1. The van der Waals surface area contributed by atoms with Crippen molar-refractivity contribution in [1.82, 2.24) is 24.8 Å². The van der Waals surface area contributed by atoms with E-state index in [2.05, 4.69) is 14.9 Å². The average Bonchev–Trinajstić information content (AvgIpc) is 3.43. The van der Waals surface area contributed by atoms with Crippen LogP contribution in [0.5, 0.6) is 0 Å². The van der Waals surface area contributed by atoms with E-state index in [1.807, 2.05) is 28.5 Å². The van der Waals surface area contributed by atoms with Gasteiger partial charge < -0.3 is 9.88 Å². The van der Waals surface area contributed by atoms with E-state index in [1.165, 1.54) is 12.1 Å². The molecule has 8 heteroatoms. The zero-order valence-corrected chi connectivity index (χ0v) is 17.0. The van der Waals surface area contributed by atoms with Crippen LogP contribution in [0.25, 0.3) is 22.3 Å². The molecule has 5 rings (SSSR count). The van der Waals surface area contributed by atoms with Gasteiger partial charge in [-0.2, -0.15) is 0 Å². The maximum Gasteiger partial charge on any atom is 0.254 e. The molecule has 4 aromatic rings. The van der Waals surface area contributed by atoms with Gasteiger partial charge >= 0.3 is 0 Å². The normalized spacial score (nSPS) is 15.0. The number of nitrogens with zero attached hydrogens (tertiary/aromatic N) is 4. The van der Waals surface area contributed by atoms with Crippen LogP contribution in [-0.4, -0.2) is 56.8 Å². The highest BCUT2D eigenvalue weighted by molar-refractivity contribution is 7.09. The molecule has 1 saturated heterocycles. The van der Waals surface area contributed by atoms with Gasteiger partial charge in [0.1, 0.15) is 10.8 Å². The van der Waals surface area contributed by atoms with E-state index in [0.29, 0.717) is 18.7 Å². The van der Waals surface area contributed by atoms with Crippen LogP contribution in [0, 0.1) is 5.82 Å². The second-order valence-corrected chi connectivity index (χ2v) is 8.28. The smallest absolute Gasteiger partial charge is 0.254 e. The Bertz CT molecular complexity index is 1180. The number of amides is 1. The third-order valence-corrected chi connectivity index (χ3v) is 6.21. The average molecular weight is 422 g/mol. The number of hydrogen-bond donors (Lipinski definition) is 1. The number of fused-ring (bicyclic) bond motifs is 1. The molecule has 2 aromatic carbocycles. The molecule has 0 aliphatic carbocycles. The third-order valence-electron chi connectivity index (χ3n) is 5.38. The summed E-state index contributed by atoms with van der Waals surface area (Å²) < 4.78 is 13.1. The van der Waals surface area contributed by atoms with Crippen LogP contribution in [0.1, 0.15) is 15.4 Å². The number of imidazole rings is 1. The van der Waals surface area contributed by atoms with Crippen molar-refractivity contribution >= 4 is 28.3 Å². The van der Waals surface area contributed by atoms with Crippen molar-refractivity contribution < 1.29 is 9.18 Å². The molecule has 1 aliphatic rings. The highest BCUT2D eigenvalue weighted by atomic mass is 32.1. The summed E-state index contributed by atoms with van der Waals surface area (Å²) in [6.07, 6.45) is 1.64. The van der Waals surface area contributed by atoms with Gasteiger partial charge in [-0.05, 0) is 42.5 Å². The first-order chi connectivity index (χ1) is 14.7. The number of aromatic nitrogens is 3. The quantitative estimate of drug-likeness (QED) is 0.545. The third kappa shape index (κ3) is 3.83. The lowest BCUT2D eigenvalue weighted by Gasteiger charge is -2.34. The lowest BCUT2D eigenvalue weighted by Crippen LogP contribution is -2.48. The maximum absolute atomic E-state index is 13.1. The first-order valence-corrected chi connectivity index (χ1v) is 10.7. The number of benzene rings is 2. The van der Waals surface area contributed by atoms with Crippen LogP contribution < -0.4 is 0 Å². The van der Waals surface area contributed by atoms with E-state index in [9.17, 15) is 9.18 Å². The van der Waals surface area contributed by atoms with Gasteiger partial charge in [-0.15, -0.1) is 11.3 Å². The molecular weight excluding hydrogens is 401 g/mol. The summed E-state index contributed by atoms with van der Waals surface area (Å²) in [5, 5.41) is 3.03. The Balaban J connectivity index is 1.19. The van der Waals surface area contributed by atoms with Crippen LogP contribution in [0.4, 0.5) is 4.39 Å². The molecule has 0 atom stereocenters. The van der Waals surface area contributed by atoms with E-state index in [1.54, 1.807) is 29.8 Å². The summed E-state index contributed by atoms with van der Waals surface area (Å²) in [7, 11) is 0. The van der Waals surface area contributed by atoms with Crippen molar-refractivity contribution in [2.75, 3.05) is 26.2 Å². The van der Waals surface area contributed by atoms with Crippen LogP contribution >= 0.6 is 11.3 Å². The lowest BCUT2D eigenvalue weighted by molar-refractivity contribution is 0.0628. The summed E-state index contributed by atoms with van der Waals surface area (Å²) in [4.78, 5) is 29.0. The zero-order valence-electron chi connectivity index (χ0n) is 16.2. The van der Waals surface area contributed by atoms with Crippen LogP contribution in [0.2, 0.25) is 0 Å². The van der Waals surface area contributed by atoms with Gasteiger partial charge in [-0.3, -0.25) is 9.69 Å². The molecule has 1 N–H and O–H groups in total. The number of halogens is 1. The number of H-pyrrole nitrogens is 1. The molecule has 2 aromatic heterocycles. The number of piperazine rings is 1. The fourth-order valence-electron chi connectivity index (χ4n) is 3.69. The fraction of sp³-hybridized carbons (Fsp3) is 0.227. The Morgan fingerprint density at radius 1 is 1.10 bits per heavy atom. The first-order valence-electron chi connectivity index (χ1n) is 9.81. The Labute approximate surface area is 177 Å². The summed E-state index contributed by atoms with van der Waals surface area (Å²) >= 11 is 1.61. The predicted molar refractivity (Wildman–Crippen MR) is 115 cm³/mol. The number of nitrogens with one attached hydrogen (secondary N) is 1. The molecule has 1 amide bonds. The highest BCUT2D eigenvalue weighted by Crippen LogP contribution is 2.23. The fourth-order valence-corrected chi connectivity index (χ4v) is 4.53. The SMILES string of the molecule is O=C(c1ccc2nc[nH]c2c1)N1CCN(Cc2nc(-c3ccc(F)cc3)cs2)CC1. The number of thiazole rings is 1. The van der Waals surface area contributed by atoms with Crippen molar-refractivity contribution in [3.63, 3.8) is 0 Å². The summed E-state index contributed by atoms with van der Waals surface area (Å²) in [5.74, 6) is -0.190. The molecule has 0 saturated carbocycles. The summed E-state index contributed by atoms with van der Waals surface area (Å²) in [5.41, 5.74) is 4.21. The molecule has 30 heavy (non-hydrogen) atoms. The number of carbonyl (C=O) groups excluding carboxylic acids is 1.